The van der Waals surface area contributed by atoms with Crippen LogP contribution in [-0.2, 0) is 4.74 Å². The fourth-order valence-corrected chi connectivity index (χ4v) is 2.49. The lowest BCUT2D eigenvalue weighted by atomic mass is 10.1. The molecule has 3 aromatic rings. The van der Waals surface area contributed by atoms with Gasteiger partial charge in [0.25, 0.3) is 11.8 Å². The zero-order chi connectivity index (χ0) is 20.8. The largest absolute Gasteiger partial charge is 0.465 e. The molecule has 0 aliphatic heterocycles. The van der Waals surface area contributed by atoms with E-state index in [0.717, 1.165) is 0 Å². The Bertz CT molecular complexity index is 1080. The van der Waals surface area contributed by atoms with E-state index in [1.54, 1.807) is 24.3 Å². The van der Waals surface area contributed by atoms with Crippen LogP contribution in [0.5, 0.6) is 0 Å². The highest BCUT2D eigenvalue weighted by Crippen LogP contribution is 2.15. The summed E-state index contributed by atoms with van der Waals surface area (Å²) in [4.78, 5) is 40.4. The van der Waals surface area contributed by atoms with Crippen molar-refractivity contribution in [2.24, 2.45) is 0 Å². The van der Waals surface area contributed by atoms with Gasteiger partial charge in [0.1, 0.15) is 11.5 Å². The molecular weight excluding hydrogens is 377 g/mol. The van der Waals surface area contributed by atoms with E-state index >= 15 is 0 Å². The van der Waals surface area contributed by atoms with Gasteiger partial charge in [0.15, 0.2) is 0 Å². The molecule has 0 unspecified atom stereocenters. The fourth-order valence-electron chi connectivity index (χ4n) is 2.49. The van der Waals surface area contributed by atoms with Crippen LogP contribution < -0.4 is 10.6 Å². The summed E-state index contributed by atoms with van der Waals surface area (Å²) >= 11 is 0. The molecule has 2 N–H and O–H groups in total. The lowest BCUT2D eigenvalue weighted by Gasteiger charge is -2.09. The summed E-state index contributed by atoms with van der Waals surface area (Å²) in [5.41, 5.74) is 0.789. The third kappa shape index (κ3) is 4.81. The Balaban J connectivity index is 1.75. The lowest BCUT2D eigenvalue weighted by Crippen LogP contribution is -2.17. The van der Waals surface area contributed by atoms with E-state index < -0.39 is 23.6 Å². The van der Waals surface area contributed by atoms with Crippen molar-refractivity contribution in [1.29, 1.82) is 0 Å². The average molecular weight is 393 g/mol. The SMILES string of the molecule is COC(=O)c1cccc(NC(=O)c2ccnc(C(=O)Nc3ccccc3F)c2)c1. The number of halogens is 1. The maximum Gasteiger partial charge on any atom is 0.337 e. The molecule has 2 amide bonds. The molecule has 146 valence electrons. The number of rotatable bonds is 5. The number of aromatic nitrogens is 1. The molecule has 1 aromatic heterocycles. The Morgan fingerprint density at radius 3 is 2.45 bits per heavy atom. The van der Waals surface area contributed by atoms with Gasteiger partial charge in [-0.05, 0) is 42.5 Å². The second-order valence-corrected chi connectivity index (χ2v) is 5.89. The summed E-state index contributed by atoms with van der Waals surface area (Å²) in [7, 11) is 1.26. The summed E-state index contributed by atoms with van der Waals surface area (Å²) in [5.74, 6) is -2.27. The number of amides is 2. The van der Waals surface area contributed by atoms with Gasteiger partial charge in [-0.1, -0.05) is 18.2 Å². The lowest BCUT2D eigenvalue weighted by molar-refractivity contribution is 0.0600. The third-order valence-corrected chi connectivity index (χ3v) is 3.92. The van der Waals surface area contributed by atoms with Crippen molar-refractivity contribution in [1.82, 2.24) is 4.98 Å². The highest BCUT2D eigenvalue weighted by molar-refractivity contribution is 6.08. The summed E-state index contributed by atoms with van der Waals surface area (Å²) in [6.45, 7) is 0. The number of anilines is 2. The predicted octanol–water partition coefficient (Wildman–Crippen LogP) is 3.51. The Morgan fingerprint density at radius 2 is 1.69 bits per heavy atom. The quantitative estimate of drug-likeness (QED) is 0.647. The van der Waals surface area contributed by atoms with Crippen molar-refractivity contribution in [3.05, 3.63) is 89.5 Å². The number of carbonyl (C=O) groups is 3. The fraction of sp³-hybridized carbons (Fsp3) is 0.0476. The van der Waals surface area contributed by atoms with Gasteiger partial charge in [-0.25, -0.2) is 9.18 Å². The molecule has 0 atom stereocenters. The maximum absolute atomic E-state index is 13.7. The predicted molar refractivity (Wildman–Crippen MR) is 104 cm³/mol. The number of benzene rings is 2. The zero-order valence-corrected chi connectivity index (χ0v) is 15.3. The van der Waals surface area contributed by atoms with Crippen molar-refractivity contribution < 1.29 is 23.5 Å². The molecule has 0 aliphatic rings. The van der Waals surface area contributed by atoms with Crippen LogP contribution in [0.4, 0.5) is 15.8 Å². The Hall–Kier alpha value is -4.07. The Morgan fingerprint density at radius 1 is 0.897 bits per heavy atom. The van der Waals surface area contributed by atoms with E-state index in [1.165, 1.54) is 49.7 Å². The van der Waals surface area contributed by atoms with Crippen molar-refractivity contribution in [3.63, 3.8) is 0 Å². The molecule has 0 saturated carbocycles. The first-order valence-electron chi connectivity index (χ1n) is 8.49. The molecule has 0 saturated heterocycles. The maximum atomic E-state index is 13.7. The van der Waals surface area contributed by atoms with Gasteiger partial charge in [-0.2, -0.15) is 0 Å². The van der Waals surface area contributed by atoms with Crippen LogP contribution >= 0.6 is 0 Å². The number of ether oxygens (including phenoxy) is 1. The van der Waals surface area contributed by atoms with Crippen LogP contribution in [0.2, 0.25) is 0 Å². The van der Waals surface area contributed by atoms with E-state index in [0.29, 0.717) is 5.69 Å². The van der Waals surface area contributed by atoms with Gasteiger partial charge < -0.3 is 15.4 Å². The smallest absolute Gasteiger partial charge is 0.337 e. The van der Waals surface area contributed by atoms with Crippen LogP contribution in [0.3, 0.4) is 0 Å². The van der Waals surface area contributed by atoms with E-state index in [4.69, 9.17) is 0 Å². The van der Waals surface area contributed by atoms with Crippen LogP contribution in [-0.4, -0.2) is 29.9 Å². The van der Waals surface area contributed by atoms with E-state index in [9.17, 15) is 18.8 Å². The molecule has 3 rings (SSSR count). The molecule has 0 spiro atoms. The molecule has 8 heteroatoms. The highest BCUT2D eigenvalue weighted by Gasteiger charge is 2.14. The number of hydrogen-bond acceptors (Lipinski definition) is 5. The first-order valence-corrected chi connectivity index (χ1v) is 8.49. The number of methoxy groups -OCH3 is 1. The minimum atomic E-state index is -0.655. The monoisotopic (exact) mass is 393 g/mol. The topological polar surface area (TPSA) is 97.4 Å². The molecular formula is C21H16FN3O4. The normalized spacial score (nSPS) is 10.1. The minimum Gasteiger partial charge on any atom is -0.465 e. The second-order valence-electron chi connectivity index (χ2n) is 5.89. The number of esters is 1. The van der Waals surface area contributed by atoms with Crippen molar-refractivity contribution in [2.75, 3.05) is 17.7 Å². The number of nitrogens with zero attached hydrogens (tertiary/aromatic N) is 1. The highest BCUT2D eigenvalue weighted by atomic mass is 19.1. The molecule has 0 fully saturated rings. The summed E-state index contributed by atoms with van der Waals surface area (Å²) in [5, 5.41) is 5.05. The van der Waals surface area contributed by atoms with Gasteiger partial charge in [0, 0.05) is 17.4 Å². The van der Waals surface area contributed by atoms with Gasteiger partial charge >= 0.3 is 5.97 Å². The average Bonchev–Trinajstić information content (AvgIpc) is 2.75. The van der Waals surface area contributed by atoms with Crippen molar-refractivity contribution in [2.45, 2.75) is 0 Å². The van der Waals surface area contributed by atoms with E-state index in [-0.39, 0.29) is 22.5 Å². The standard InChI is InChI=1S/C21H16FN3O4/c1-29-21(28)14-5-4-6-15(11-14)24-19(26)13-9-10-23-18(12-13)20(27)25-17-8-3-2-7-16(17)22/h2-12H,1H3,(H,24,26)(H,25,27). The van der Waals surface area contributed by atoms with E-state index in [2.05, 4.69) is 20.4 Å². The first-order chi connectivity index (χ1) is 14.0. The third-order valence-electron chi connectivity index (χ3n) is 3.92. The van der Waals surface area contributed by atoms with Gasteiger partial charge in [-0.3, -0.25) is 14.6 Å². The summed E-state index contributed by atoms with van der Waals surface area (Å²) in [6, 6.07) is 14.7. The number of nitrogens with one attached hydrogen (secondary N) is 2. The van der Waals surface area contributed by atoms with E-state index in [1.807, 2.05) is 0 Å². The minimum absolute atomic E-state index is 0.00813. The number of pyridine rings is 1. The molecule has 2 aromatic carbocycles. The van der Waals surface area contributed by atoms with Gasteiger partial charge in [-0.15, -0.1) is 0 Å². The molecule has 0 radical (unpaired) electrons. The summed E-state index contributed by atoms with van der Waals surface area (Å²) in [6.07, 6.45) is 1.30. The molecule has 29 heavy (non-hydrogen) atoms. The number of hydrogen-bond donors (Lipinski definition) is 2. The molecule has 7 nitrogen and oxygen atoms in total. The zero-order valence-electron chi connectivity index (χ0n) is 15.3. The second kappa shape index (κ2) is 8.75. The van der Waals surface area contributed by atoms with Gasteiger partial charge in [0.05, 0.1) is 18.4 Å². The number of para-hydroxylation sites is 1. The Labute approximate surface area is 165 Å². The molecule has 0 bridgehead atoms. The Kier molecular flexibility index (Phi) is 5.94. The van der Waals surface area contributed by atoms with Crippen LogP contribution in [0, 0.1) is 5.82 Å². The first kappa shape index (κ1) is 19.7. The van der Waals surface area contributed by atoms with Gasteiger partial charge in [0.2, 0.25) is 0 Å². The molecule has 1 heterocycles. The van der Waals surface area contributed by atoms with Crippen molar-refractivity contribution in [3.8, 4) is 0 Å². The van der Waals surface area contributed by atoms with Crippen LogP contribution in [0.15, 0.2) is 66.9 Å². The van der Waals surface area contributed by atoms with Crippen molar-refractivity contribution >= 4 is 29.2 Å². The van der Waals surface area contributed by atoms with Crippen LogP contribution in [0.25, 0.3) is 0 Å². The molecule has 0 aliphatic carbocycles. The number of carbonyl (C=O) groups excluding carboxylic acids is 3. The summed E-state index contributed by atoms with van der Waals surface area (Å²) < 4.78 is 18.3. The van der Waals surface area contributed by atoms with Crippen LogP contribution in [0.1, 0.15) is 31.2 Å².